The summed E-state index contributed by atoms with van der Waals surface area (Å²) in [5.41, 5.74) is -0.887. The molecule has 2 rings (SSSR count). The minimum Gasteiger partial charge on any atom is -0.444 e. The Morgan fingerprint density at radius 2 is 2.10 bits per heavy atom. The summed E-state index contributed by atoms with van der Waals surface area (Å²) in [6, 6.07) is 0. The molecule has 1 fully saturated rings. The predicted octanol–water partition coefficient (Wildman–Crippen LogP) is 3.61. The lowest BCUT2D eigenvalue weighted by molar-refractivity contribution is -0.0793. The van der Waals surface area contributed by atoms with Crippen molar-refractivity contribution in [1.29, 1.82) is 0 Å². The summed E-state index contributed by atoms with van der Waals surface area (Å²) in [5, 5.41) is 0. The zero-order valence-electron chi connectivity index (χ0n) is 12.9. The third kappa shape index (κ3) is 5.16. The normalized spacial score (nSPS) is 27.7. The highest BCUT2D eigenvalue weighted by Crippen LogP contribution is 2.34. The summed E-state index contributed by atoms with van der Waals surface area (Å²) >= 11 is 4.97. The summed E-state index contributed by atoms with van der Waals surface area (Å²) < 4.78 is 15.8. The molecule has 0 aromatic rings. The maximum absolute atomic E-state index is 12.0. The van der Waals surface area contributed by atoms with Gasteiger partial charge in [0.25, 0.3) is 0 Å². The third-order valence-electron chi connectivity index (χ3n) is 3.25. The molecule has 0 bridgehead atoms. The number of amides is 1. The molecule has 0 saturated carbocycles. The maximum Gasteiger partial charge on any atom is 0.410 e. The van der Waals surface area contributed by atoms with E-state index in [9.17, 15) is 4.79 Å². The summed E-state index contributed by atoms with van der Waals surface area (Å²) in [6.07, 6.45) is 3.60. The summed E-state index contributed by atoms with van der Waals surface area (Å²) in [4.78, 5) is 13.8. The monoisotopic (exact) mass is 378 g/mol. The number of hydrogen-bond acceptors (Lipinski definition) is 5. The van der Waals surface area contributed by atoms with Crippen molar-refractivity contribution in [1.82, 2.24) is 9.62 Å². The van der Waals surface area contributed by atoms with E-state index in [0.29, 0.717) is 13.1 Å². The van der Waals surface area contributed by atoms with Gasteiger partial charge in [-0.1, -0.05) is 0 Å². The number of nitrogens with zero attached hydrogens (tertiary/aromatic N) is 1. The lowest BCUT2D eigenvalue weighted by Crippen LogP contribution is -2.47. The highest BCUT2D eigenvalue weighted by molar-refractivity contribution is 9.14. The standard InChI is InChI=1S/C14H23BrN2O3S/c1-13(2,3)20-12(18)17-7-5-10(6-8-17)19-14(4)9-11(15)21-16-14/h9-10,16H,5-8H2,1-4H3. The van der Waals surface area contributed by atoms with Crippen LogP contribution < -0.4 is 4.72 Å². The van der Waals surface area contributed by atoms with Crippen LogP contribution in [-0.2, 0) is 9.47 Å². The molecule has 1 saturated heterocycles. The second kappa shape index (κ2) is 6.48. The average molecular weight is 379 g/mol. The zero-order valence-corrected chi connectivity index (χ0v) is 15.3. The van der Waals surface area contributed by atoms with Gasteiger partial charge in [0.1, 0.15) is 11.3 Å². The molecule has 2 heterocycles. The van der Waals surface area contributed by atoms with Crippen molar-refractivity contribution in [3.8, 4) is 0 Å². The topological polar surface area (TPSA) is 50.8 Å². The molecule has 5 nitrogen and oxygen atoms in total. The number of carbonyl (C=O) groups excluding carboxylic acids is 1. The molecule has 1 atom stereocenters. The van der Waals surface area contributed by atoms with E-state index in [4.69, 9.17) is 9.47 Å². The fourth-order valence-corrected chi connectivity index (χ4v) is 3.68. The first-order valence-corrected chi connectivity index (χ1v) is 8.76. The molecule has 1 amide bonds. The fraction of sp³-hybridized carbons (Fsp3) is 0.786. The van der Waals surface area contributed by atoms with Crippen molar-refractivity contribution in [2.24, 2.45) is 0 Å². The van der Waals surface area contributed by atoms with Gasteiger partial charge in [0, 0.05) is 13.1 Å². The first kappa shape index (κ1) is 17.1. The molecule has 7 heteroatoms. The highest BCUT2D eigenvalue weighted by atomic mass is 79.9. The Balaban J connectivity index is 1.80. The van der Waals surface area contributed by atoms with Gasteiger partial charge in [-0.05, 0) is 74.5 Å². The molecule has 21 heavy (non-hydrogen) atoms. The van der Waals surface area contributed by atoms with Crippen molar-refractivity contribution in [3.05, 3.63) is 9.89 Å². The van der Waals surface area contributed by atoms with Gasteiger partial charge in [0.05, 0.1) is 9.92 Å². The van der Waals surface area contributed by atoms with Crippen LogP contribution in [0.15, 0.2) is 9.89 Å². The van der Waals surface area contributed by atoms with Gasteiger partial charge in [-0.3, -0.25) is 0 Å². The van der Waals surface area contributed by atoms with Gasteiger partial charge in [0.2, 0.25) is 0 Å². The van der Waals surface area contributed by atoms with Crippen molar-refractivity contribution in [2.45, 2.75) is 58.0 Å². The summed E-state index contributed by atoms with van der Waals surface area (Å²) in [5.74, 6) is 0. The Bertz CT molecular complexity index is 430. The van der Waals surface area contributed by atoms with Crippen molar-refractivity contribution in [2.75, 3.05) is 13.1 Å². The Morgan fingerprint density at radius 3 is 2.57 bits per heavy atom. The summed E-state index contributed by atoms with van der Waals surface area (Å²) in [6.45, 7) is 9.01. The number of rotatable bonds is 2. The molecule has 2 aliphatic heterocycles. The van der Waals surface area contributed by atoms with Crippen LogP contribution in [0.3, 0.4) is 0 Å². The molecule has 0 aromatic carbocycles. The van der Waals surface area contributed by atoms with Crippen molar-refractivity contribution in [3.63, 3.8) is 0 Å². The maximum atomic E-state index is 12.0. The van der Waals surface area contributed by atoms with E-state index < -0.39 is 11.3 Å². The lowest BCUT2D eigenvalue weighted by atomic mass is 10.1. The Morgan fingerprint density at radius 1 is 1.48 bits per heavy atom. The Labute approximate surface area is 139 Å². The SMILES string of the molecule is CC(C)(C)OC(=O)N1CCC(OC2(C)C=C(Br)SN2)CC1. The first-order chi connectivity index (χ1) is 9.67. The van der Waals surface area contributed by atoms with Crippen LogP contribution in [0.4, 0.5) is 4.79 Å². The zero-order chi connectivity index (χ0) is 15.7. The van der Waals surface area contributed by atoms with E-state index in [1.54, 1.807) is 4.90 Å². The minimum absolute atomic E-state index is 0.149. The van der Waals surface area contributed by atoms with Crippen LogP contribution in [0.2, 0.25) is 0 Å². The molecular weight excluding hydrogens is 356 g/mol. The van der Waals surface area contributed by atoms with E-state index in [1.165, 1.54) is 11.9 Å². The van der Waals surface area contributed by atoms with E-state index in [-0.39, 0.29) is 12.2 Å². The van der Waals surface area contributed by atoms with Crippen LogP contribution >= 0.6 is 27.9 Å². The van der Waals surface area contributed by atoms with E-state index in [2.05, 4.69) is 20.7 Å². The van der Waals surface area contributed by atoms with Crippen molar-refractivity contribution >= 4 is 34.0 Å². The van der Waals surface area contributed by atoms with Crippen LogP contribution in [0.5, 0.6) is 0 Å². The lowest BCUT2D eigenvalue weighted by Gasteiger charge is -2.36. The van der Waals surface area contributed by atoms with Gasteiger partial charge < -0.3 is 14.4 Å². The Kier molecular flexibility index (Phi) is 5.28. The molecule has 2 aliphatic rings. The van der Waals surface area contributed by atoms with Crippen LogP contribution in [0.1, 0.15) is 40.5 Å². The molecular formula is C14H23BrN2O3S. The van der Waals surface area contributed by atoms with Crippen LogP contribution in [0.25, 0.3) is 0 Å². The number of halogens is 1. The summed E-state index contributed by atoms with van der Waals surface area (Å²) in [7, 11) is 0. The fourth-order valence-electron chi connectivity index (χ4n) is 2.31. The molecule has 120 valence electrons. The molecule has 0 spiro atoms. The number of likely N-dealkylation sites (tertiary alicyclic amines) is 1. The molecule has 0 radical (unpaired) electrons. The van der Waals surface area contributed by atoms with E-state index >= 15 is 0 Å². The van der Waals surface area contributed by atoms with Gasteiger partial charge in [0.15, 0.2) is 0 Å². The predicted molar refractivity (Wildman–Crippen MR) is 88.1 cm³/mol. The second-order valence-corrected chi connectivity index (χ2v) is 8.77. The van der Waals surface area contributed by atoms with Crippen LogP contribution in [0, 0.1) is 0 Å². The second-order valence-electron chi connectivity index (χ2n) is 6.54. The molecule has 1 unspecified atom stereocenters. The highest BCUT2D eigenvalue weighted by Gasteiger charge is 2.34. The van der Waals surface area contributed by atoms with Crippen LogP contribution in [-0.4, -0.2) is 41.5 Å². The van der Waals surface area contributed by atoms with Gasteiger partial charge in [-0.2, -0.15) is 0 Å². The van der Waals surface area contributed by atoms with Crippen molar-refractivity contribution < 1.29 is 14.3 Å². The number of carbonyl (C=O) groups is 1. The van der Waals surface area contributed by atoms with E-state index in [0.717, 1.165) is 16.7 Å². The largest absolute Gasteiger partial charge is 0.444 e. The average Bonchev–Trinajstić information content (AvgIpc) is 2.67. The smallest absolute Gasteiger partial charge is 0.410 e. The van der Waals surface area contributed by atoms with Gasteiger partial charge in [-0.15, -0.1) is 0 Å². The third-order valence-corrected chi connectivity index (χ3v) is 4.78. The minimum atomic E-state index is -0.444. The number of ether oxygens (including phenoxy) is 2. The van der Waals surface area contributed by atoms with E-state index in [1.807, 2.05) is 33.8 Å². The molecule has 0 aliphatic carbocycles. The Hall–Kier alpha value is -0.240. The number of piperidine rings is 1. The number of hydrogen-bond donors (Lipinski definition) is 1. The quantitative estimate of drug-likeness (QED) is 0.743. The first-order valence-electron chi connectivity index (χ1n) is 7.15. The molecule has 0 aromatic heterocycles. The van der Waals surface area contributed by atoms with Gasteiger partial charge in [-0.25, -0.2) is 9.52 Å². The number of nitrogens with one attached hydrogen (secondary N) is 1. The van der Waals surface area contributed by atoms with Gasteiger partial charge >= 0.3 is 6.09 Å². The molecule has 1 N–H and O–H groups in total.